The number of carbonyl (C=O) groups is 4. The van der Waals surface area contributed by atoms with E-state index in [2.05, 4.69) is 5.32 Å². The van der Waals surface area contributed by atoms with Crippen LogP contribution in [-0.4, -0.2) is 61.0 Å². The largest absolute Gasteiger partial charge is 0.351 e. The minimum atomic E-state index is -3.70. The average molecular weight is 550 g/mol. The molecule has 3 rings (SSSR count). The van der Waals surface area contributed by atoms with E-state index in [0.717, 1.165) is 16.2 Å². The van der Waals surface area contributed by atoms with Gasteiger partial charge in [-0.25, -0.2) is 13.2 Å². The topological polar surface area (TPSA) is 159 Å². The number of benzene rings is 1. The summed E-state index contributed by atoms with van der Waals surface area (Å²) in [5, 5.41) is 4.96. The molecule has 11 nitrogen and oxygen atoms in total. The number of rotatable bonds is 9. The van der Waals surface area contributed by atoms with Gasteiger partial charge in [0, 0.05) is 37.0 Å². The van der Waals surface area contributed by atoms with Crippen molar-refractivity contribution in [2.24, 2.45) is 5.73 Å². The number of anilines is 1. The number of amides is 5. The normalized spacial score (nSPS) is 13.2. The second kappa shape index (κ2) is 11.8. The predicted octanol–water partition coefficient (Wildman–Crippen LogP) is 2.52. The first-order chi connectivity index (χ1) is 17.5. The van der Waals surface area contributed by atoms with Gasteiger partial charge >= 0.3 is 6.03 Å². The second-order valence-corrected chi connectivity index (χ2v) is 11.6. The summed E-state index contributed by atoms with van der Waals surface area (Å²) in [5.74, 6) is -1.41. The van der Waals surface area contributed by atoms with E-state index >= 15 is 0 Å². The van der Waals surface area contributed by atoms with Gasteiger partial charge in [-0.1, -0.05) is 13.8 Å². The van der Waals surface area contributed by atoms with Crippen LogP contribution in [0, 0.1) is 0 Å². The highest BCUT2D eigenvalue weighted by Crippen LogP contribution is 2.37. The molecule has 0 spiro atoms. The maximum atomic E-state index is 13.0. The Kier molecular flexibility index (Phi) is 9.05. The third kappa shape index (κ3) is 6.35. The van der Waals surface area contributed by atoms with E-state index in [1.165, 1.54) is 35.5 Å². The molecule has 37 heavy (non-hydrogen) atoms. The molecule has 0 atom stereocenters. The molecule has 1 aromatic heterocycles. The molecule has 2 aromatic rings. The van der Waals surface area contributed by atoms with Crippen molar-refractivity contribution in [1.82, 2.24) is 14.5 Å². The van der Waals surface area contributed by atoms with Crippen LogP contribution in [0.5, 0.6) is 0 Å². The number of fused-ring (bicyclic) bond motifs is 1. The van der Waals surface area contributed by atoms with Crippen molar-refractivity contribution >= 4 is 50.1 Å². The molecule has 1 aromatic carbocycles. The Bertz CT molecular complexity index is 1300. The average Bonchev–Trinajstić information content (AvgIpc) is 3.20. The van der Waals surface area contributed by atoms with Gasteiger partial charge < -0.3 is 16.0 Å². The zero-order valence-corrected chi connectivity index (χ0v) is 22.6. The molecule has 0 radical (unpaired) electrons. The van der Waals surface area contributed by atoms with Gasteiger partial charge in [-0.15, -0.1) is 11.3 Å². The molecular weight excluding hydrogens is 518 g/mol. The molecule has 0 bridgehead atoms. The summed E-state index contributed by atoms with van der Waals surface area (Å²) >= 11 is 1.14. The van der Waals surface area contributed by atoms with E-state index < -0.39 is 27.9 Å². The van der Waals surface area contributed by atoms with Gasteiger partial charge in [0.2, 0.25) is 15.9 Å². The van der Waals surface area contributed by atoms with E-state index in [0.29, 0.717) is 44.5 Å². The molecule has 13 heteroatoms. The summed E-state index contributed by atoms with van der Waals surface area (Å²) in [5.41, 5.74) is 6.09. The second-order valence-electron chi connectivity index (χ2n) is 8.60. The van der Waals surface area contributed by atoms with Crippen LogP contribution in [0.3, 0.4) is 0 Å². The Labute approximate surface area is 220 Å². The number of hydrogen-bond acceptors (Lipinski definition) is 7. The van der Waals surface area contributed by atoms with Crippen molar-refractivity contribution in [3.8, 4) is 0 Å². The van der Waals surface area contributed by atoms with Gasteiger partial charge in [0.1, 0.15) is 5.00 Å². The predicted molar refractivity (Wildman–Crippen MR) is 140 cm³/mol. The number of nitrogens with zero attached hydrogens (tertiary/aromatic N) is 2. The molecule has 0 saturated carbocycles. The Morgan fingerprint density at radius 2 is 1.68 bits per heavy atom. The van der Waals surface area contributed by atoms with Crippen LogP contribution in [0.15, 0.2) is 29.2 Å². The van der Waals surface area contributed by atoms with Crippen molar-refractivity contribution in [1.29, 1.82) is 0 Å². The minimum absolute atomic E-state index is 0.0865. The van der Waals surface area contributed by atoms with Gasteiger partial charge in [0.05, 0.1) is 17.0 Å². The Morgan fingerprint density at radius 1 is 1.05 bits per heavy atom. The molecule has 0 saturated heterocycles. The third-order valence-corrected chi connectivity index (χ3v) is 8.94. The number of thiophene rings is 1. The number of sulfonamides is 1. The summed E-state index contributed by atoms with van der Waals surface area (Å²) in [4.78, 5) is 51.4. The highest BCUT2D eigenvalue weighted by Gasteiger charge is 2.30. The van der Waals surface area contributed by atoms with Gasteiger partial charge in [0.15, 0.2) is 0 Å². The standard InChI is InChI=1S/C24H31N5O6S2/c1-4-11-29(12-5-2)37(34,35)17-8-6-16(7-9-17)21(31)26-23-20(22(32)27-24(25)33)18-10-13-28(15(3)30)14-19(18)36-23/h6-9H,4-5,10-14H2,1-3H3,(H,26,31)(H3,25,27,32,33). The molecule has 0 unspecified atom stereocenters. The minimum Gasteiger partial charge on any atom is -0.351 e. The first-order valence-corrected chi connectivity index (χ1v) is 14.2. The maximum absolute atomic E-state index is 13.0. The Balaban J connectivity index is 1.88. The van der Waals surface area contributed by atoms with Crippen molar-refractivity contribution in [3.05, 3.63) is 45.8 Å². The van der Waals surface area contributed by atoms with Gasteiger partial charge in [-0.05, 0) is 49.1 Å². The summed E-state index contributed by atoms with van der Waals surface area (Å²) in [6.45, 7) is 6.74. The summed E-state index contributed by atoms with van der Waals surface area (Å²) in [7, 11) is -3.70. The Hall–Kier alpha value is -3.29. The number of urea groups is 1. The SMILES string of the molecule is CCCN(CCC)S(=O)(=O)c1ccc(C(=O)Nc2sc3c(c2C(=O)NC(N)=O)CCN(C(C)=O)C3)cc1. The first-order valence-electron chi connectivity index (χ1n) is 11.9. The summed E-state index contributed by atoms with van der Waals surface area (Å²) in [6.07, 6.45) is 1.74. The fraction of sp³-hybridized carbons (Fsp3) is 0.417. The van der Waals surface area contributed by atoms with Crippen LogP contribution in [0.2, 0.25) is 0 Å². The molecule has 1 aliphatic rings. The lowest BCUT2D eigenvalue weighted by Crippen LogP contribution is -2.37. The fourth-order valence-electron chi connectivity index (χ4n) is 4.13. The molecule has 0 aliphatic carbocycles. The highest BCUT2D eigenvalue weighted by atomic mass is 32.2. The third-order valence-electron chi connectivity index (χ3n) is 5.89. The van der Waals surface area contributed by atoms with Gasteiger partial charge in [-0.2, -0.15) is 4.31 Å². The smallest absolute Gasteiger partial charge is 0.319 e. The van der Waals surface area contributed by atoms with Gasteiger partial charge in [-0.3, -0.25) is 19.7 Å². The number of primary amides is 1. The van der Waals surface area contributed by atoms with Gasteiger partial charge in [0.25, 0.3) is 11.8 Å². The summed E-state index contributed by atoms with van der Waals surface area (Å²) in [6, 6.07) is 4.56. The molecule has 200 valence electrons. The molecular formula is C24H31N5O6S2. The quantitative estimate of drug-likeness (QED) is 0.436. The number of imide groups is 1. The van der Waals surface area contributed by atoms with Crippen LogP contribution in [0.4, 0.5) is 9.80 Å². The molecule has 0 fully saturated rings. The van der Waals surface area contributed by atoms with Crippen molar-refractivity contribution < 1.29 is 27.6 Å². The van der Waals surface area contributed by atoms with Crippen molar-refractivity contribution in [2.75, 3.05) is 25.0 Å². The van der Waals surface area contributed by atoms with E-state index in [1.807, 2.05) is 19.2 Å². The first kappa shape index (κ1) is 28.3. The zero-order valence-electron chi connectivity index (χ0n) is 21.0. The number of hydrogen-bond donors (Lipinski definition) is 3. The zero-order chi connectivity index (χ0) is 27.3. The Morgan fingerprint density at radius 3 is 2.22 bits per heavy atom. The molecule has 2 heterocycles. The highest BCUT2D eigenvalue weighted by molar-refractivity contribution is 7.89. The molecule has 5 amide bonds. The van der Waals surface area contributed by atoms with E-state index in [4.69, 9.17) is 5.73 Å². The van der Waals surface area contributed by atoms with Crippen LogP contribution in [0.1, 0.15) is 64.8 Å². The lowest BCUT2D eigenvalue weighted by atomic mass is 10.0. The number of nitrogens with one attached hydrogen (secondary N) is 2. The van der Waals surface area contributed by atoms with Crippen LogP contribution < -0.4 is 16.4 Å². The van der Waals surface area contributed by atoms with E-state index in [9.17, 15) is 27.6 Å². The number of carbonyl (C=O) groups excluding carboxylic acids is 4. The van der Waals surface area contributed by atoms with Crippen molar-refractivity contribution in [3.63, 3.8) is 0 Å². The number of nitrogens with two attached hydrogens (primary N) is 1. The van der Waals surface area contributed by atoms with Crippen LogP contribution in [0.25, 0.3) is 0 Å². The van der Waals surface area contributed by atoms with E-state index in [1.54, 1.807) is 4.90 Å². The van der Waals surface area contributed by atoms with Crippen LogP contribution in [-0.2, 0) is 27.8 Å². The van der Waals surface area contributed by atoms with E-state index in [-0.39, 0.29) is 33.5 Å². The lowest BCUT2D eigenvalue weighted by molar-refractivity contribution is -0.129. The maximum Gasteiger partial charge on any atom is 0.319 e. The van der Waals surface area contributed by atoms with Crippen molar-refractivity contribution in [2.45, 2.75) is 51.5 Å². The lowest BCUT2D eigenvalue weighted by Gasteiger charge is -2.25. The molecule has 4 N–H and O–H groups in total. The summed E-state index contributed by atoms with van der Waals surface area (Å²) < 4.78 is 27.4. The monoisotopic (exact) mass is 549 g/mol. The molecule has 1 aliphatic heterocycles. The van der Waals surface area contributed by atoms with Crippen LogP contribution >= 0.6 is 11.3 Å². The fourth-order valence-corrected chi connectivity index (χ4v) is 7.01.